The van der Waals surface area contributed by atoms with Crippen LogP contribution in [0.25, 0.3) is 0 Å². The second-order valence-corrected chi connectivity index (χ2v) is 8.86. The maximum atomic E-state index is 12.9. The first-order valence-corrected chi connectivity index (χ1v) is 11.6. The van der Waals surface area contributed by atoms with E-state index in [1.54, 1.807) is 0 Å². The van der Waals surface area contributed by atoms with Gasteiger partial charge in [0.25, 0.3) is 0 Å². The van der Waals surface area contributed by atoms with Gasteiger partial charge in [-0.3, -0.25) is 9.79 Å². The van der Waals surface area contributed by atoms with Gasteiger partial charge >= 0.3 is 0 Å². The van der Waals surface area contributed by atoms with Crippen molar-refractivity contribution < 1.29 is 4.79 Å². The molecule has 2 fully saturated rings. The highest BCUT2D eigenvalue weighted by Gasteiger charge is 2.31. The zero-order valence-corrected chi connectivity index (χ0v) is 18.9. The third-order valence-corrected chi connectivity index (χ3v) is 6.37. The summed E-state index contributed by atoms with van der Waals surface area (Å²) in [5.74, 6) is 1.47. The number of likely N-dealkylation sites (tertiary alicyclic amines) is 1. The number of rotatable bonds is 7. The van der Waals surface area contributed by atoms with E-state index < -0.39 is 0 Å². The van der Waals surface area contributed by atoms with Crippen molar-refractivity contribution in [2.45, 2.75) is 57.5 Å². The Morgan fingerprint density at radius 1 is 1.17 bits per heavy atom. The highest BCUT2D eigenvalue weighted by molar-refractivity contribution is 5.81. The van der Waals surface area contributed by atoms with Crippen LogP contribution in [0.1, 0.15) is 57.1 Å². The fraction of sp³-hybridized carbons (Fsp3) is 0.667. The highest BCUT2D eigenvalue weighted by atomic mass is 16.2. The van der Waals surface area contributed by atoms with E-state index in [9.17, 15) is 4.79 Å². The molecule has 1 amide bonds. The second kappa shape index (κ2) is 11.3. The number of guanidine groups is 1. The Hall–Kier alpha value is -2.08. The summed E-state index contributed by atoms with van der Waals surface area (Å²) >= 11 is 0. The molecule has 6 nitrogen and oxygen atoms in total. The summed E-state index contributed by atoms with van der Waals surface area (Å²) in [5.41, 5.74) is 1.27. The number of carbonyl (C=O) groups is 1. The molecular formula is C24H39N5O. The maximum Gasteiger partial charge on any atom is 0.225 e. The molecule has 0 bridgehead atoms. The average Bonchev–Trinajstić information content (AvgIpc) is 3.23. The van der Waals surface area contributed by atoms with E-state index in [0.717, 1.165) is 44.9 Å². The molecule has 166 valence electrons. The normalized spacial score (nSPS) is 21.7. The zero-order valence-electron chi connectivity index (χ0n) is 18.9. The number of nitrogens with one attached hydrogen (secondary N) is 2. The number of aliphatic imine (C=N–C) groups is 1. The molecule has 1 aliphatic heterocycles. The monoisotopic (exact) mass is 413 g/mol. The minimum Gasteiger partial charge on any atom is -0.357 e. The third kappa shape index (κ3) is 6.21. The summed E-state index contributed by atoms with van der Waals surface area (Å²) in [4.78, 5) is 22.0. The van der Waals surface area contributed by atoms with Gasteiger partial charge in [-0.25, -0.2) is 0 Å². The van der Waals surface area contributed by atoms with E-state index in [2.05, 4.69) is 65.7 Å². The van der Waals surface area contributed by atoms with Gasteiger partial charge in [-0.15, -0.1) is 0 Å². The van der Waals surface area contributed by atoms with Gasteiger partial charge in [0.15, 0.2) is 5.96 Å². The summed E-state index contributed by atoms with van der Waals surface area (Å²) in [6, 6.07) is 11.0. The third-order valence-electron chi connectivity index (χ3n) is 6.37. The number of hydrogen-bond acceptors (Lipinski definition) is 3. The van der Waals surface area contributed by atoms with E-state index in [4.69, 9.17) is 4.99 Å². The molecular weight excluding hydrogens is 374 g/mol. The number of hydrogen-bond donors (Lipinski definition) is 2. The number of nitrogens with zero attached hydrogens (tertiary/aromatic N) is 3. The Labute approximate surface area is 182 Å². The van der Waals surface area contributed by atoms with Crippen molar-refractivity contribution in [3.05, 3.63) is 35.9 Å². The number of amides is 1. The van der Waals surface area contributed by atoms with E-state index in [0.29, 0.717) is 12.5 Å². The maximum absolute atomic E-state index is 12.9. The van der Waals surface area contributed by atoms with Crippen molar-refractivity contribution in [1.82, 2.24) is 20.4 Å². The van der Waals surface area contributed by atoms with Gasteiger partial charge in [-0.2, -0.15) is 0 Å². The van der Waals surface area contributed by atoms with Gasteiger partial charge in [0.05, 0.1) is 12.6 Å². The van der Waals surface area contributed by atoms with Crippen LogP contribution in [0.4, 0.5) is 0 Å². The molecule has 0 spiro atoms. The van der Waals surface area contributed by atoms with Crippen LogP contribution >= 0.6 is 0 Å². The topological polar surface area (TPSA) is 60.0 Å². The van der Waals surface area contributed by atoms with Crippen LogP contribution < -0.4 is 10.6 Å². The van der Waals surface area contributed by atoms with Crippen molar-refractivity contribution >= 4 is 11.9 Å². The fourth-order valence-electron chi connectivity index (χ4n) is 4.62. The van der Waals surface area contributed by atoms with Gasteiger partial charge in [0.2, 0.25) is 5.91 Å². The van der Waals surface area contributed by atoms with Gasteiger partial charge in [-0.05, 0) is 45.8 Å². The molecule has 1 aromatic carbocycles. The average molecular weight is 414 g/mol. The minimum atomic E-state index is 0.231. The van der Waals surface area contributed by atoms with Crippen LogP contribution in [-0.2, 0) is 4.79 Å². The molecule has 1 aromatic rings. The molecule has 2 atom stereocenters. The lowest BCUT2D eigenvalue weighted by Gasteiger charge is -2.26. The molecule has 1 aliphatic carbocycles. The summed E-state index contributed by atoms with van der Waals surface area (Å²) in [6.45, 7) is 5.24. The standard InChI is InChI=1S/C24H39N5O/c1-4-25-24(26-17-22(28(2)3)19-11-7-5-8-12-19)27-21-15-16-29(18-21)23(30)20-13-9-6-10-14-20/h5,7-8,11-12,20-22H,4,6,9-10,13-18H2,1-3H3,(H2,25,26,27). The zero-order chi connectivity index (χ0) is 21.3. The van der Waals surface area contributed by atoms with E-state index in [1.807, 2.05) is 6.07 Å². The van der Waals surface area contributed by atoms with Crippen LogP contribution in [-0.4, -0.2) is 68.0 Å². The number of benzene rings is 1. The Kier molecular flexibility index (Phi) is 8.55. The molecule has 3 rings (SSSR count). The predicted molar refractivity (Wildman–Crippen MR) is 124 cm³/mol. The quantitative estimate of drug-likeness (QED) is 0.533. The summed E-state index contributed by atoms with van der Waals surface area (Å²) < 4.78 is 0. The smallest absolute Gasteiger partial charge is 0.225 e. The predicted octanol–water partition coefficient (Wildman–Crippen LogP) is 3.03. The SMILES string of the molecule is CCNC(=NCC(c1ccccc1)N(C)C)NC1CCN(C(=O)C2CCCCC2)C1. The first-order valence-electron chi connectivity index (χ1n) is 11.6. The Balaban J connectivity index is 1.57. The fourth-order valence-corrected chi connectivity index (χ4v) is 4.62. The minimum absolute atomic E-state index is 0.231. The van der Waals surface area contributed by atoms with Crippen LogP contribution in [0.3, 0.4) is 0 Å². The molecule has 6 heteroatoms. The van der Waals surface area contributed by atoms with E-state index in [-0.39, 0.29) is 18.0 Å². The molecule has 30 heavy (non-hydrogen) atoms. The molecule has 1 saturated carbocycles. The molecule has 1 heterocycles. The molecule has 1 saturated heterocycles. The molecule has 2 N–H and O–H groups in total. The van der Waals surface area contributed by atoms with Gasteiger partial charge in [0, 0.05) is 31.6 Å². The second-order valence-electron chi connectivity index (χ2n) is 8.86. The lowest BCUT2D eigenvalue weighted by atomic mass is 9.88. The lowest BCUT2D eigenvalue weighted by Crippen LogP contribution is -2.46. The van der Waals surface area contributed by atoms with Crippen LogP contribution in [0.2, 0.25) is 0 Å². The van der Waals surface area contributed by atoms with Crippen molar-refractivity contribution in [1.29, 1.82) is 0 Å². The molecule has 0 radical (unpaired) electrons. The number of carbonyl (C=O) groups excluding carboxylic acids is 1. The van der Waals surface area contributed by atoms with E-state index in [1.165, 1.54) is 24.8 Å². The van der Waals surface area contributed by atoms with Crippen LogP contribution in [0.15, 0.2) is 35.3 Å². The van der Waals surface area contributed by atoms with Crippen LogP contribution in [0.5, 0.6) is 0 Å². The molecule has 2 aliphatic rings. The van der Waals surface area contributed by atoms with Crippen molar-refractivity contribution in [3.63, 3.8) is 0 Å². The van der Waals surface area contributed by atoms with E-state index >= 15 is 0 Å². The van der Waals surface area contributed by atoms with Crippen molar-refractivity contribution in [2.75, 3.05) is 40.3 Å². The summed E-state index contributed by atoms with van der Waals surface area (Å²) in [5, 5.41) is 6.96. The van der Waals surface area contributed by atoms with Crippen LogP contribution in [0, 0.1) is 5.92 Å². The summed E-state index contributed by atoms with van der Waals surface area (Å²) in [6.07, 6.45) is 6.83. The molecule has 2 unspecified atom stereocenters. The van der Waals surface area contributed by atoms with Gasteiger partial charge < -0.3 is 20.4 Å². The Morgan fingerprint density at radius 3 is 2.57 bits per heavy atom. The number of likely N-dealkylation sites (N-methyl/N-ethyl adjacent to an activating group) is 1. The Bertz CT molecular complexity index is 684. The largest absolute Gasteiger partial charge is 0.357 e. The summed E-state index contributed by atoms with van der Waals surface area (Å²) in [7, 11) is 4.19. The van der Waals surface area contributed by atoms with Gasteiger partial charge in [0.1, 0.15) is 0 Å². The first kappa shape index (κ1) is 22.6. The first-order chi connectivity index (χ1) is 14.6. The van der Waals surface area contributed by atoms with Gasteiger partial charge in [-0.1, -0.05) is 49.6 Å². The lowest BCUT2D eigenvalue weighted by molar-refractivity contribution is -0.135. The van der Waals surface area contributed by atoms with Crippen molar-refractivity contribution in [3.8, 4) is 0 Å². The highest BCUT2D eigenvalue weighted by Crippen LogP contribution is 2.26. The Morgan fingerprint density at radius 2 is 1.90 bits per heavy atom. The van der Waals surface area contributed by atoms with Crippen molar-refractivity contribution in [2.24, 2.45) is 10.9 Å². The molecule has 0 aromatic heterocycles.